The highest BCUT2D eigenvalue weighted by atomic mass is 32.2. The molecule has 0 unspecified atom stereocenters. The van der Waals surface area contributed by atoms with E-state index in [0.29, 0.717) is 17.4 Å². The summed E-state index contributed by atoms with van der Waals surface area (Å²) in [4.78, 5) is 26.9. The number of hydrogen-bond acceptors (Lipinski definition) is 8. The van der Waals surface area contributed by atoms with E-state index in [1.807, 2.05) is 37.3 Å². The third kappa shape index (κ3) is 4.86. The van der Waals surface area contributed by atoms with Gasteiger partial charge in [0, 0.05) is 18.1 Å². The van der Waals surface area contributed by atoms with Gasteiger partial charge in [-0.15, -0.1) is 0 Å². The highest BCUT2D eigenvalue weighted by molar-refractivity contribution is 8.14. The van der Waals surface area contributed by atoms with E-state index in [-0.39, 0.29) is 23.2 Å². The number of thioether (sulfide) groups is 1. The van der Waals surface area contributed by atoms with Crippen molar-refractivity contribution < 1.29 is 19.1 Å². The lowest BCUT2D eigenvalue weighted by molar-refractivity contribution is -0.759. The lowest BCUT2D eigenvalue weighted by Crippen LogP contribution is -2.32. The second-order valence-corrected chi connectivity index (χ2v) is 7.31. The Labute approximate surface area is 182 Å². The normalized spacial score (nSPS) is 15.6. The summed E-state index contributed by atoms with van der Waals surface area (Å²) in [5.41, 5.74) is 1.75. The van der Waals surface area contributed by atoms with E-state index in [2.05, 4.69) is 20.2 Å². The number of anilines is 1. The van der Waals surface area contributed by atoms with Crippen molar-refractivity contribution in [3.05, 3.63) is 72.3 Å². The van der Waals surface area contributed by atoms with Gasteiger partial charge in [0.25, 0.3) is 12.1 Å². The van der Waals surface area contributed by atoms with Crippen LogP contribution in [0, 0.1) is 0 Å². The quantitative estimate of drug-likeness (QED) is 0.254. The Morgan fingerprint density at radius 1 is 1.26 bits per heavy atom. The third-order valence-electron chi connectivity index (χ3n) is 4.24. The number of para-hydroxylation sites is 1. The summed E-state index contributed by atoms with van der Waals surface area (Å²) in [6, 6.07) is 12.7. The number of aromatic nitrogens is 3. The maximum absolute atomic E-state index is 13.1. The number of hydrogen-bond donors (Lipinski definition) is 0. The van der Waals surface area contributed by atoms with Crippen LogP contribution in [0.1, 0.15) is 12.5 Å². The molecule has 1 aliphatic heterocycles. The minimum atomic E-state index is -0.417. The van der Waals surface area contributed by atoms with Crippen molar-refractivity contribution >= 4 is 46.4 Å². The van der Waals surface area contributed by atoms with Gasteiger partial charge in [-0.2, -0.15) is 0 Å². The van der Waals surface area contributed by atoms with E-state index < -0.39 is 5.90 Å². The SMILES string of the molecule is CC[n+]1cc(/N=C(/[O-])CSC2=N/C(=C/c3ccncc3)C(=O)N2c2ccccc2)on1. The van der Waals surface area contributed by atoms with Crippen LogP contribution in [0.4, 0.5) is 11.6 Å². The van der Waals surface area contributed by atoms with Crippen LogP contribution >= 0.6 is 11.8 Å². The molecular formula is C21H18N6O3S. The Kier molecular flexibility index (Phi) is 6.18. The zero-order valence-corrected chi connectivity index (χ0v) is 17.4. The highest BCUT2D eigenvalue weighted by Gasteiger charge is 2.31. The predicted molar refractivity (Wildman–Crippen MR) is 116 cm³/mol. The highest BCUT2D eigenvalue weighted by Crippen LogP contribution is 2.29. The maximum atomic E-state index is 13.1. The molecule has 4 rings (SSSR count). The molecule has 0 bridgehead atoms. The molecule has 0 radical (unpaired) electrons. The van der Waals surface area contributed by atoms with E-state index in [4.69, 9.17) is 4.52 Å². The van der Waals surface area contributed by atoms with Gasteiger partial charge >= 0.3 is 5.88 Å². The number of carbonyl (C=O) groups is 1. The van der Waals surface area contributed by atoms with Crippen molar-refractivity contribution in [3.63, 3.8) is 0 Å². The molecule has 3 heterocycles. The molecule has 31 heavy (non-hydrogen) atoms. The molecule has 1 aliphatic rings. The van der Waals surface area contributed by atoms with Crippen LogP contribution in [0.3, 0.4) is 0 Å². The second-order valence-electron chi connectivity index (χ2n) is 6.37. The number of amides is 1. The van der Waals surface area contributed by atoms with E-state index >= 15 is 0 Å². The van der Waals surface area contributed by atoms with E-state index in [1.165, 1.54) is 9.58 Å². The van der Waals surface area contributed by atoms with Crippen molar-refractivity contribution in [2.45, 2.75) is 13.5 Å². The van der Waals surface area contributed by atoms with Gasteiger partial charge in [0.2, 0.25) is 5.27 Å². The molecule has 0 saturated carbocycles. The molecule has 0 spiro atoms. The van der Waals surface area contributed by atoms with Gasteiger partial charge in [0.1, 0.15) is 5.70 Å². The Bertz CT molecular complexity index is 1160. The van der Waals surface area contributed by atoms with E-state index in [9.17, 15) is 9.90 Å². The van der Waals surface area contributed by atoms with Gasteiger partial charge in [-0.3, -0.25) is 19.2 Å². The van der Waals surface area contributed by atoms with Crippen molar-refractivity contribution in [1.82, 2.24) is 10.3 Å². The van der Waals surface area contributed by atoms with Gasteiger partial charge in [0.15, 0.2) is 11.7 Å². The first-order valence-electron chi connectivity index (χ1n) is 9.48. The fourth-order valence-electron chi connectivity index (χ4n) is 2.76. The first kappa shape index (κ1) is 20.5. The van der Waals surface area contributed by atoms with Crippen LogP contribution in [0.5, 0.6) is 0 Å². The van der Waals surface area contributed by atoms with Gasteiger partial charge in [-0.25, -0.2) is 9.98 Å². The third-order valence-corrected chi connectivity index (χ3v) is 5.16. The first-order chi connectivity index (χ1) is 15.1. The maximum Gasteiger partial charge on any atom is 0.320 e. The van der Waals surface area contributed by atoms with Crippen LogP contribution in [0.25, 0.3) is 6.08 Å². The largest absolute Gasteiger partial charge is 0.861 e. The number of amidine groups is 1. The van der Waals surface area contributed by atoms with E-state index in [0.717, 1.165) is 17.3 Å². The molecule has 0 saturated heterocycles. The fraction of sp³-hybridized carbons (Fsp3) is 0.143. The van der Waals surface area contributed by atoms with Crippen molar-refractivity contribution in [2.24, 2.45) is 9.98 Å². The summed E-state index contributed by atoms with van der Waals surface area (Å²) < 4.78 is 6.53. The summed E-state index contributed by atoms with van der Waals surface area (Å²) in [6.45, 7) is 2.51. The lowest BCUT2D eigenvalue weighted by atomic mass is 10.2. The van der Waals surface area contributed by atoms with Crippen LogP contribution in [0.2, 0.25) is 0 Å². The Hall–Kier alpha value is -3.79. The van der Waals surface area contributed by atoms with Gasteiger partial charge in [-0.1, -0.05) is 34.6 Å². The summed E-state index contributed by atoms with van der Waals surface area (Å²) in [6.07, 6.45) is 6.53. The Balaban J connectivity index is 1.58. The molecule has 0 atom stereocenters. The standard InChI is InChI=1S/C21H18N6O3S/c1-2-26-13-19(30-25-26)24-18(28)14-31-21-23-17(12-15-8-10-22-11-9-15)20(29)27(21)16-6-4-3-5-7-16/h3-13H,2,14H2,1H3/b17-12+. The average Bonchev–Trinajstić information content (AvgIpc) is 3.37. The Morgan fingerprint density at radius 2 is 2.03 bits per heavy atom. The smallest absolute Gasteiger partial charge is 0.320 e. The molecule has 1 amide bonds. The minimum Gasteiger partial charge on any atom is -0.861 e. The van der Waals surface area contributed by atoms with Crippen LogP contribution in [-0.2, 0) is 11.3 Å². The monoisotopic (exact) mass is 434 g/mol. The van der Waals surface area contributed by atoms with Crippen molar-refractivity contribution in [3.8, 4) is 0 Å². The molecule has 9 nitrogen and oxygen atoms in total. The zero-order valence-electron chi connectivity index (χ0n) is 16.6. The number of benzene rings is 1. The summed E-state index contributed by atoms with van der Waals surface area (Å²) in [5, 5.41) is 16.4. The number of pyridine rings is 1. The number of rotatable bonds is 6. The van der Waals surface area contributed by atoms with Gasteiger partial charge < -0.3 is 5.11 Å². The number of carbonyl (C=O) groups excluding carboxylic acids is 1. The van der Waals surface area contributed by atoms with Crippen LogP contribution in [0.15, 0.2) is 81.3 Å². The lowest BCUT2D eigenvalue weighted by Gasteiger charge is -2.18. The topological polar surface area (TPSA) is 111 Å². The van der Waals surface area contributed by atoms with E-state index in [1.54, 1.807) is 36.8 Å². The summed E-state index contributed by atoms with van der Waals surface area (Å²) in [5.74, 6) is -0.562. The van der Waals surface area contributed by atoms with Crippen molar-refractivity contribution in [1.29, 1.82) is 0 Å². The molecule has 0 N–H and O–H groups in total. The van der Waals surface area contributed by atoms with Gasteiger partial charge in [-0.05, 0) is 48.7 Å². The molecule has 2 aromatic heterocycles. The van der Waals surface area contributed by atoms with Crippen molar-refractivity contribution in [2.75, 3.05) is 10.7 Å². The predicted octanol–water partition coefficient (Wildman–Crippen LogP) is 1.94. The first-order valence-corrected chi connectivity index (χ1v) is 10.5. The second kappa shape index (κ2) is 9.35. The van der Waals surface area contributed by atoms with Crippen LogP contribution < -0.4 is 14.7 Å². The average molecular weight is 434 g/mol. The number of nitrogens with zero attached hydrogens (tertiary/aromatic N) is 6. The fourth-order valence-corrected chi connectivity index (χ4v) is 3.56. The minimum absolute atomic E-state index is 0.00912. The molecule has 0 aliphatic carbocycles. The van der Waals surface area contributed by atoms with Crippen LogP contribution in [-0.4, -0.2) is 33.0 Å². The molecule has 0 fully saturated rings. The molecule has 156 valence electrons. The number of aliphatic imine (C=N–C) groups is 2. The summed E-state index contributed by atoms with van der Waals surface area (Å²) >= 11 is 1.13. The number of aryl methyl sites for hydroxylation is 1. The molecule has 1 aromatic carbocycles. The molecule has 10 heteroatoms. The Morgan fingerprint density at radius 3 is 2.74 bits per heavy atom. The summed E-state index contributed by atoms with van der Waals surface area (Å²) in [7, 11) is 0. The molecular weight excluding hydrogens is 416 g/mol. The zero-order chi connectivity index (χ0) is 21.6. The molecule has 3 aromatic rings. The van der Waals surface area contributed by atoms with Gasteiger partial charge in [0.05, 0.1) is 5.69 Å².